The molecule has 2 rings (SSSR count). The standard InChI is InChI=1S/C12H11F3N2O2/c1-16-11(18)6-10(17(16)12(14)15)8-4-3-7(19-2)5-9(8)13/h3-6,12H,1-2H3. The van der Waals surface area contributed by atoms with E-state index in [1.54, 1.807) is 0 Å². The molecule has 0 spiro atoms. The van der Waals surface area contributed by atoms with Gasteiger partial charge < -0.3 is 4.74 Å². The van der Waals surface area contributed by atoms with Gasteiger partial charge in [0, 0.05) is 24.7 Å². The number of ether oxygens (including phenoxy) is 1. The van der Waals surface area contributed by atoms with E-state index in [-0.39, 0.29) is 17.0 Å². The molecule has 0 N–H and O–H groups in total. The molecule has 0 saturated heterocycles. The van der Waals surface area contributed by atoms with Gasteiger partial charge in [0.15, 0.2) is 0 Å². The van der Waals surface area contributed by atoms with Crippen molar-refractivity contribution < 1.29 is 17.9 Å². The fourth-order valence-corrected chi connectivity index (χ4v) is 1.81. The number of halogens is 3. The van der Waals surface area contributed by atoms with E-state index in [0.717, 1.165) is 16.8 Å². The van der Waals surface area contributed by atoms with Gasteiger partial charge in [0.05, 0.1) is 12.8 Å². The molecule has 0 atom stereocenters. The molecule has 0 amide bonds. The third-order valence-corrected chi connectivity index (χ3v) is 2.79. The molecule has 0 radical (unpaired) electrons. The molecule has 0 aliphatic heterocycles. The quantitative estimate of drug-likeness (QED) is 0.860. The van der Waals surface area contributed by atoms with Crippen LogP contribution in [0.2, 0.25) is 0 Å². The summed E-state index contributed by atoms with van der Waals surface area (Å²) < 4.78 is 45.7. The van der Waals surface area contributed by atoms with E-state index in [0.29, 0.717) is 4.68 Å². The van der Waals surface area contributed by atoms with Gasteiger partial charge in [-0.2, -0.15) is 8.78 Å². The Hall–Kier alpha value is -2.18. The van der Waals surface area contributed by atoms with Crippen LogP contribution in [0.3, 0.4) is 0 Å². The second-order valence-corrected chi connectivity index (χ2v) is 3.86. The Morgan fingerprint density at radius 2 is 1.95 bits per heavy atom. The Labute approximate surface area is 106 Å². The molecule has 1 aromatic carbocycles. The zero-order valence-electron chi connectivity index (χ0n) is 10.2. The van der Waals surface area contributed by atoms with Gasteiger partial charge in [-0.1, -0.05) is 0 Å². The summed E-state index contributed by atoms with van der Waals surface area (Å²) in [5.74, 6) is -0.470. The molecule has 0 bridgehead atoms. The molecule has 1 aromatic heterocycles. The fourth-order valence-electron chi connectivity index (χ4n) is 1.81. The number of hydrogen-bond acceptors (Lipinski definition) is 2. The van der Waals surface area contributed by atoms with E-state index in [2.05, 4.69) is 0 Å². The van der Waals surface area contributed by atoms with Crippen LogP contribution in [-0.2, 0) is 7.05 Å². The minimum atomic E-state index is -2.94. The first-order chi connectivity index (χ1) is 8.95. The number of aromatic nitrogens is 2. The van der Waals surface area contributed by atoms with Gasteiger partial charge in [-0.3, -0.25) is 4.79 Å². The van der Waals surface area contributed by atoms with Crippen molar-refractivity contribution in [3.8, 4) is 17.0 Å². The maximum atomic E-state index is 13.9. The number of alkyl halides is 2. The smallest absolute Gasteiger partial charge is 0.332 e. The summed E-state index contributed by atoms with van der Waals surface area (Å²) in [4.78, 5) is 11.4. The second-order valence-electron chi connectivity index (χ2n) is 3.86. The van der Waals surface area contributed by atoms with Crippen LogP contribution in [0.15, 0.2) is 29.1 Å². The van der Waals surface area contributed by atoms with Crippen LogP contribution in [0, 0.1) is 5.82 Å². The molecule has 1 heterocycles. The average Bonchev–Trinajstić information content (AvgIpc) is 2.65. The first-order valence-electron chi connectivity index (χ1n) is 5.36. The monoisotopic (exact) mass is 272 g/mol. The summed E-state index contributed by atoms with van der Waals surface area (Å²) >= 11 is 0. The summed E-state index contributed by atoms with van der Waals surface area (Å²) in [5.41, 5.74) is -0.896. The lowest BCUT2D eigenvalue weighted by Crippen LogP contribution is -2.19. The van der Waals surface area contributed by atoms with Gasteiger partial charge >= 0.3 is 6.55 Å². The molecule has 0 aliphatic carbocycles. The van der Waals surface area contributed by atoms with Crippen molar-refractivity contribution in [3.63, 3.8) is 0 Å². The van der Waals surface area contributed by atoms with Crippen molar-refractivity contribution in [2.24, 2.45) is 7.05 Å². The first-order valence-corrected chi connectivity index (χ1v) is 5.36. The van der Waals surface area contributed by atoms with Crippen molar-refractivity contribution >= 4 is 0 Å². The molecule has 0 aliphatic rings. The number of rotatable bonds is 3. The van der Waals surface area contributed by atoms with Gasteiger partial charge in [0.1, 0.15) is 11.6 Å². The maximum Gasteiger partial charge on any atom is 0.332 e. The Morgan fingerprint density at radius 1 is 1.26 bits per heavy atom. The van der Waals surface area contributed by atoms with E-state index >= 15 is 0 Å². The van der Waals surface area contributed by atoms with Gasteiger partial charge in [0.2, 0.25) is 0 Å². The zero-order valence-corrected chi connectivity index (χ0v) is 10.2. The largest absolute Gasteiger partial charge is 0.497 e. The van der Waals surface area contributed by atoms with Crippen molar-refractivity contribution in [1.29, 1.82) is 0 Å². The molecule has 0 saturated carbocycles. The average molecular weight is 272 g/mol. The lowest BCUT2D eigenvalue weighted by Gasteiger charge is -2.11. The Morgan fingerprint density at radius 3 is 2.47 bits per heavy atom. The first kappa shape index (κ1) is 13.3. The third kappa shape index (κ3) is 2.23. The summed E-state index contributed by atoms with van der Waals surface area (Å²) in [5, 5.41) is 0. The van der Waals surface area contributed by atoms with E-state index in [1.165, 1.54) is 26.3 Å². The highest BCUT2D eigenvalue weighted by Gasteiger charge is 2.20. The van der Waals surface area contributed by atoms with Crippen molar-refractivity contribution in [1.82, 2.24) is 9.36 Å². The normalized spacial score (nSPS) is 11.1. The van der Waals surface area contributed by atoms with Gasteiger partial charge in [-0.25, -0.2) is 13.8 Å². The van der Waals surface area contributed by atoms with E-state index in [1.807, 2.05) is 0 Å². The van der Waals surface area contributed by atoms with E-state index < -0.39 is 17.9 Å². The fraction of sp³-hybridized carbons (Fsp3) is 0.250. The third-order valence-electron chi connectivity index (χ3n) is 2.79. The number of methoxy groups -OCH3 is 1. The maximum absolute atomic E-state index is 13.9. The SMILES string of the molecule is COc1ccc(-c2cc(=O)n(C)n2C(F)F)c(F)c1. The van der Waals surface area contributed by atoms with E-state index in [9.17, 15) is 18.0 Å². The van der Waals surface area contributed by atoms with Crippen molar-refractivity contribution in [2.75, 3.05) is 7.11 Å². The van der Waals surface area contributed by atoms with Crippen LogP contribution in [0.25, 0.3) is 11.3 Å². The Balaban J connectivity index is 2.65. The predicted molar refractivity (Wildman–Crippen MR) is 62.9 cm³/mol. The molecule has 7 heteroatoms. The topological polar surface area (TPSA) is 36.2 Å². The Kier molecular flexibility index (Phi) is 3.37. The molecular formula is C12H11F3N2O2. The highest BCUT2D eigenvalue weighted by atomic mass is 19.3. The van der Waals surface area contributed by atoms with Gasteiger partial charge in [-0.05, 0) is 12.1 Å². The molecule has 4 nitrogen and oxygen atoms in total. The van der Waals surface area contributed by atoms with Crippen LogP contribution in [0.4, 0.5) is 13.2 Å². The summed E-state index contributed by atoms with van der Waals surface area (Å²) in [7, 11) is 2.56. The number of nitrogens with zero attached hydrogens (tertiary/aromatic N) is 2. The van der Waals surface area contributed by atoms with Crippen LogP contribution < -0.4 is 10.3 Å². The highest BCUT2D eigenvalue weighted by molar-refractivity contribution is 5.61. The van der Waals surface area contributed by atoms with Crippen molar-refractivity contribution in [2.45, 2.75) is 6.55 Å². The summed E-state index contributed by atoms with van der Waals surface area (Å²) in [6, 6.07) is 4.77. The molecular weight excluding hydrogens is 261 g/mol. The second kappa shape index (κ2) is 4.83. The highest BCUT2D eigenvalue weighted by Crippen LogP contribution is 2.28. The summed E-state index contributed by atoms with van der Waals surface area (Å²) in [6.07, 6.45) is 0. The minimum Gasteiger partial charge on any atom is -0.497 e. The van der Waals surface area contributed by atoms with Crippen LogP contribution in [-0.4, -0.2) is 16.5 Å². The van der Waals surface area contributed by atoms with Gasteiger partial charge in [-0.15, -0.1) is 0 Å². The molecule has 0 fully saturated rings. The van der Waals surface area contributed by atoms with Gasteiger partial charge in [0.25, 0.3) is 5.56 Å². The summed E-state index contributed by atoms with van der Waals surface area (Å²) in [6.45, 7) is -2.94. The van der Waals surface area contributed by atoms with Crippen molar-refractivity contribution in [3.05, 3.63) is 40.4 Å². The molecule has 19 heavy (non-hydrogen) atoms. The lowest BCUT2D eigenvalue weighted by atomic mass is 10.1. The van der Waals surface area contributed by atoms with Crippen LogP contribution in [0.5, 0.6) is 5.75 Å². The minimum absolute atomic E-state index is 0.0844. The van der Waals surface area contributed by atoms with Crippen LogP contribution >= 0.6 is 0 Å². The molecule has 2 aromatic rings. The van der Waals surface area contributed by atoms with Crippen LogP contribution in [0.1, 0.15) is 6.55 Å². The zero-order chi connectivity index (χ0) is 14.2. The lowest BCUT2D eigenvalue weighted by molar-refractivity contribution is 0.0463. The number of benzene rings is 1. The predicted octanol–water partition coefficient (Wildman–Crippen LogP) is 2.40. The Bertz CT molecular complexity index is 661. The molecule has 102 valence electrons. The number of hydrogen-bond donors (Lipinski definition) is 0. The molecule has 0 unspecified atom stereocenters. The van der Waals surface area contributed by atoms with E-state index in [4.69, 9.17) is 4.74 Å².